The lowest BCUT2D eigenvalue weighted by Gasteiger charge is -2.37. The second-order valence-corrected chi connectivity index (χ2v) is 6.42. The van der Waals surface area contributed by atoms with Crippen molar-refractivity contribution in [1.82, 2.24) is 9.97 Å². The summed E-state index contributed by atoms with van der Waals surface area (Å²) in [7, 11) is 0. The van der Waals surface area contributed by atoms with Gasteiger partial charge in [-0.3, -0.25) is 0 Å². The van der Waals surface area contributed by atoms with Crippen molar-refractivity contribution in [2.75, 3.05) is 67.2 Å². The van der Waals surface area contributed by atoms with E-state index in [-0.39, 0.29) is 0 Å². The summed E-state index contributed by atoms with van der Waals surface area (Å²) in [5.74, 6) is 1.75. The molecular weight excluding hydrogens is 328 g/mol. The number of hydrogen-bond acceptors (Lipinski definition) is 7. The molecule has 0 bridgehead atoms. The van der Waals surface area contributed by atoms with Crippen molar-refractivity contribution in [1.29, 1.82) is 5.26 Å². The van der Waals surface area contributed by atoms with Gasteiger partial charge in [0, 0.05) is 45.5 Å². The largest absolute Gasteiger partial charge is 0.378 e. The maximum absolute atomic E-state index is 9.32. The standard InChI is InChI=1S/C19H22N6O/c20-15-16-3-1-2-4-17(16)23-7-9-24(10-8-23)18-5-6-21-19(22-18)25-11-13-26-14-12-25/h1-6H,7-14H2. The van der Waals surface area contributed by atoms with E-state index in [0.29, 0.717) is 0 Å². The van der Waals surface area contributed by atoms with E-state index in [0.717, 1.165) is 75.5 Å². The lowest BCUT2D eigenvalue weighted by atomic mass is 10.1. The molecule has 2 aliphatic heterocycles. The second-order valence-electron chi connectivity index (χ2n) is 6.42. The second kappa shape index (κ2) is 7.58. The Kier molecular flexibility index (Phi) is 4.84. The number of anilines is 3. The highest BCUT2D eigenvalue weighted by Gasteiger charge is 2.21. The molecule has 2 fully saturated rings. The zero-order chi connectivity index (χ0) is 17.8. The summed E-state index contributed by atoms with van der Waals surface area (Å²) in [6.45, 7) is 6.61. The Morgan fingerprint density at radius 2 is 1.62 bits per heavy atom. The van der Waals surface area contributed by atoms with E-state index in [1.807, 2.05) is 36.5 Å². The third kappa shape index (κ3) is 3.41. The van der Waals surface area contributed by atoms with E-state index < -0.39 is 0 Å². The van der Waals surface area contributed by atoms with Gasteiger partial charge in [0.25, 0.3) is 0 Å². The molecule has 4 rings (SSSR count). The molecule has 0 unspecified atom stereocenters. The summed E-state index contributed by atoms with van der Waals surface area (Å²) in [4.78, 5) is 15.9. The molecule has 3 heterocycles. The molecule has 0 spiro atoms. The van der Waals surface area contributed by atoms with Gasteiger partial charge in [0.15, 0.2) is 0 Å². The SMILES string of the molecule is N#Cc1ccccc1N1CCN(c2ccnc(N3CCOCC3)n2)CC1. The maximum atomic E-state index is 9.32. The molecule has 2 aliphatic rings. The lowest BCUT2D eigenvalue weighted by Crippen LogP contribution is -2.47. The minimum absolute atomic E-state index is 0.727. The average Bonchev–Trinajstić information content (AvgIpc) is 2.74. The lowest BCUT2D eigenvalue weighted by molar-refractivity contribution is 0.122. The molecule has 2 aromatic rings. The topological polar surface area (TPSA) is 68.5 Å². The fraction of sp³-hybridized carbons (Fsp3) is 0.421. The average molecular weight is 350 g/mol. The molecule has 1 aromatic carbocycles. The Morgan fingerprint density at radius 1 is 0.885 bits per heavy atom. The minimum Gasteiger partial charge on any atom is -0.378 e. The third-order valence-electron chi connectivity index (χ3n) is 4.89. The monoisotopic (exact) mass is 350 g/mol. The Hall–Kier alpha value is -2.85. The molecule has 0 amide bonds. The van der Waals surface area contributed by atoms with E-state index in [2.05, 4.69) is 25.8 Å². The normalized spacial score (nSPS) is 17.9. The quantitative estimate of drug-likeness (QED) is 0.831. The van der Waals surface area contributed by atoms with Crippen LogP contribution < -0.4 is 14.7 Å². The number of morpholine rings is 1. The molecule has 7 nitrogen and oxygen atoms in total. The molecule has 0 radical (unpaired) electrons. The fourth-order valence-electron chi connectivity index (χ4n) is 3.45. The van der Waals surface area contributed by atoms with Crippen molar-refractivity contribution in [3.8, 4) is 6.07 Å². The Morgan fingerprint density at radius 3 is 2.38 bits per heavy atom. The zero-order valence-corrected chi connectivity index (χ0v) is 14.7. The van der Waals surface area contributed by atoms with E-state index in [4.69, 9.17) is 9.72 Å². The Labute approximate surface area is 153 Å². The number of nitriles is 1. The molecule has 26 heavy (non-hydrogen) atoms. The number of piperazine rings is 1. The molecule has 134 valence electrons. The van der Waals surface area contributed by atoms with Crippen LogP contribution in [0.3, 0.4) is 0 Å². The van der Waals surface area contributed by atoms with Gasteiger partial charge in [0.1, 0.15) is 11.9 Å². The van der Waals surface area contributed by atoms with Crippen molar-refractivity contribution in [2.45, 2.75) is 0 Å². The van der Waals surface area contributed by atoms with Gasteiger partial charge in [-0.2, -0.15) is 10.2 Å². The number of ether oxygens (including phenoxy) is 1. The minimum atomic E-state index is 0.727. The Bertz CT molecular complexity index is 791. The van der Waals surface area contributed by atoms with Gasteiger partial charge in [0.2, 0.25) is 5.95 Å². The molecule has 0 atom stereocenters. The number of aromatic nitrogens is 2. The summed E-state index contributed by atoms with van der Waals surface area (Å²) >= 11 is 0. The highest BCUT2D eigenvalue weighted by Crippen LogP contribution is 2.23. The van der Waals surface area contributed by atoms with E-state index in [1.54, 1.807) is 0 Å². The van der Waals surface area contributed by atoms with E-state index in [1.165, 1.54) is 0 Å². The van der Waals surface area contributed by atoms with Crippen molar-refractivity contribution >= 4 is 17.5 Å². The first-order chi connectivity index (χ1) is 12.8. The molecule has 0 saturated carbocycles. The zero-order valence-electron chi connectivity index (χ0n) is 14.7. The Balaban J connectivity index is 1.44. The highest BCUT2D eigenvalue weighted by atomic mass is 16.5. The molecular formula is C19H22N6O. The van der Waals surface area contributed by atoms with Crippen LogP contribution in [-0.2, 0) is 4.74 Å². The first-order valence-corrected chi connectivity index (χ1v) is 9.00. The number of rotatable bonds is 3. The number of para-hydroxylation sites is 1. The molecule has 0 N–H and O–H groups in total. The molecule has 0 aliphatic carbocycles. The van der Waals surface area contributed by atoms with Crippen LogP contribution in [0.5, 0.6) is 0 Å². The summed E-state index contributed by atoms with van der Waals surface area (Å²) in [6, 6.07) is 12.1. The predicted molar refractivity (Wildman–Crippen MR) is 101 cm³/mol. The van der Waals surface area contributed by atoms with Crippen molar-refractivity contribution in [2.24, 2.45) is 0 Å². The van der Waals surface area contributed by atoms with Crippen LogP contribution >= 0.6 is 0 Å². The van der Waals surface area contributed by atoms with Crippen LogP contribution in [0.15, 0.2) is 36.5 Å². The molecule has 1 aromatic heterocycles. The van der Waals surface area contributed by atoms with Gasteiger partial charge >= 0.3 is 0 Å². The summed E-state index contributed by atoms with van der Waals surface area (Å²) in [5.41, 5.74) is 1.75. The van der Waals surface area contributed by atoms with Gasteiger partial charge in [-0.05, 0) is 18.2 Å². The fourth-order valence-corrected chi connectivity index (χ4v) is 3.45. The van der Waals surface area contributed by atoms with E-state index in [9.17, 15) is 5.26 Å². The van der Waals surface area contributed by atoms with Crippen LogP contribution in [0.4, 0.5) is 17.5 Å². The highest BCUT2D eigenvalue weighted by molar-refractivity contribution is 5.60. The maximum Gasteiger partial charge on any atom is 0.227 e. The van der Waals surface area contributed by atoms with Gasteiger partial charge in [-0.1, -0.05) is 12.1 Å². The van der Waals surface area contributed by atoms with E-state index >= 15 is 0 Å². The number of benzene rings is 1. The molecule has 2 saturated heterocycles. The van der Waals surface area contributed by atoms with Crippen LogP contribution in [-0.4, -0.2) is 62.5 Å². The summed E-state index contributed by atoms with van der Waals surface area (Å²) in [6.07, 6.45) is 1.84. The first kappa shape index (κ1) is 16.6. The van der Waals surface area contributed by atoms with Crippen LogP contribution in [0.1, 0.15) is 5.56 Å². The van der Waals surface area contributed by atoms with Crippen LogP contribution in [0, 0.1) is 11.3 Å². The first-order valence-electron chi connectivity index (χ1n) is 9.00. The van der Waals surface area contributed by atoms with Gasteiger partial charge in [-0.15, -0.1) is 0 Å². The van der Waals surface area contributed by atoms with Crippen molar-refractivity contribution in [3.05, 3.63) is 42.1 Å². The third-order valence-corrected chi connectivity index (χ3v) is 4.89. The van der Waals surface area contributed by atoms with Crippen LogP contribution in [0.25, 0.3) is 0 Å². The van der Waals surface area contributed by atoms with Crippen molar-refractivity contribution in [3.63, 3.8) is 0 Å². The summed E-state index contributed by atoms with van der Waals surface area (Å²) in [5, 5.41) is 9.32. The van der Waals surface area contributed by atoms with Gasteiger partial charge in [-0.25, -0.2) is 4.98 Å². The number of hydrogen-bond donors (Lipinski definition) is 0. The van der Waals surface area contributed by atoms with Crippen LogP contribution in [0.2, 0.25) is 0 Å². The summed E-state index contributed by atoms with van der Waals surface area (Å²) < 4.78 is 5.40. The van der Waals surface area contributed by atoms with Crippen molar-refractivity contribution < 1.29 is 4.74 Å². The smallest absolute Gasteiger partial charge is 0.227 e. The van der Waals surface area contributed by atoms with Gasteiger partial charge < -0.3 is 19.4 Å². The molecule has 7 heteroatoms. The number of nitrogens with zero attached hydrogens (tertiary/aromatic N) is 6. The van der Waals surface area contributed by atoms with Gasteiger partial charge in [0.05, 0.1) is 24.5 Å². The predicted octanol–water partition coefficient (Wildman–Crippen LogP) is 1.51.